The number of ether oxygens (including phenoxy) is 1. The van der Waals surface area contributed by atoms with Gasteiger partial charge in [0.1, 0.15) is 11.2 Å². The summed E-state index contributed by atoms with van der Waals surface area (Å²) < 4.78 is 5.07. The van der Waals surface area contributed by atoms with E-state index in [0.717, 1.165) is 0 Å². The van der Waals surface area contributed by atoms with Gasteiger partial charge in [0.2, 0.25) is 11.8 Å². The highest BCUT2D eigenvalue weighted by Gasteiger charge is 2.38. The van der Waals surface area contributed by atoms with Crippen molar-refractivity contribution in [3.05, 3.63) is 23.2 Å². The first-order chi connectivity index (χ1) is 10.3. The molecular formula is C16H23ClN2O3. The average molecular weight is 327 g/mol. The second kappa shape index (κ2) is 7.49. The minimum atomic E-state index is -1.15. The molecule has 0 saturated carbocycles. The van der Waals surface area contributed by atoms with Gasteiger partial charge in [-0.05, 0) is 45.9 Å². The number of nitrogens with zero attached hydrogens (tertiary/aromatic N) is 1. The van der Waals surface area contributed by atoms with Gasteiger partial charge < -0.3 is 15.0 Å². The smallest absolute Gasteiger partial charge is 0.239 e. The van der Waals surface area contributed by atoms with E-state index >= 15 is 0 Å². The number of hydrogen-bond donors (Lipinski definition) is 1. The first-order valence-electron chi connectivity index (χ1n) is 7.22. The molecule has 1 rings (SSSR count). The van der Waals surface area contributed by atoms with Crippen molar-refractivity contribution in [1.29, 1.82) is 0 Å². The van der Waals surface area contributed by atoms with Crippen LogP contribution in [0.5, 0.6) is 5.75 Å². The number of amides is 2. The third-order valence-corrected chi connectivity index (χ3v) is 3.86. The molecule has 122 valence electrons. The summed E-state index contributed by atoms with van der Waals surface area (Å²) >= 11 is 6.03. The van der Waals surface area contributed by atoms with E-state index in [1.165, 1.54) is 7.11 Å². The van der Waals surface area contributed by atoms with Crippen molar-refractivity contribution in [1.82, 2.24) is 4.90 Å². The number of benzene rings is 1. The second-order valence-electron chi connectivity index (χ2n) is 5.41. The summed E-state index contributed by atoms with van der Waals surface area (Å²) in [5.74, 6) is -0.0432. The van der Waals surface area contributed by atoms with Gasteiger partial charge in [-0.1, -0.05) is 11.6 Å². The molecule has 0 heterocycles. The van der Waals surface area contributed by atoms with Crippen LogP contribution in [-0.4, -0.2) is 36.9 Å². The zero-order valence-electron chi connectivity index (χ0n) is 13.7. The monoisotopic (exact) mass is 326 g/mol. The fourth-order valence-corrected chi connectivity index (χ4v) is 2.29. The van der Waals surface area contributed by atoms with Crippen molar-refractivity contribution >= 4 is 29.1 Å². The molecule has 0 unspecified atom stereocenters. The van der Waals surface area contributed by atoms with Crippen LogP contribution in [0.3, 0.4) is 0 Å². The van der Waals surface area contributed by atoms with Crippen LogP contribution in [0.15, 0.2) is 18.2 Å². The van der Waals surface area contributed by atoms with E-state index in [9.17, 15) is 9.59 Å². The lowest BCUT2D eigenvalue weighted by molar-refractivity contribution is -0.146. The van der Waals surface area contributed by atoms with E-state index in [1.807, 2.05) is 13.8 Å². The molecule has 0 fully saturated rings. The van der Waals surface area contributed by atoms with Gasteiger partial charge in [0.05, 0.1) is 12.1 Å². The van der Waals surface area contributed by atoms with Gasteiger partial charge in [-0.2, -0.15) is 0 Å². The lowest BCUT2D eigenvalue weighted by atomic mass is 9.90. The van der Waals surface area contributed by atoms with Crippen LogP contribution >= 0.6 is 11.6 Å². The summed E-state index contributed by atoms with van der Waals surface area (Å²) in [6, 6.07) is 4.94. The molecule has 0 aliphatic rings. The highest BCUT2D eigenvalue weighted by atomic mass is 35.5. The van der Waals surface area contributed by atoms with Crippen molar-refractivity contribution in [3.63, 3.8) is 0 Å². The van der Waals surface area contributed by atoms with Gasteiger partial charge in [-0.3, -0.25) is 9.59 Å². The fourth-order valence-electron chi connectivity index (χ4n) is 2.03. The van der Waals surface area contributed by atoms with Crippen LogP contribution in [0, 0.1) is 5.41 Å². The van der Waals surface area contributed by atoms with Gasteiger partial charge in [-0.15, -0.1) is 0 Å². The van der Waals surface area contributed by atoms with Gasteiger partial charge in [-0.25, -0.2) is 0 Å². The highest BCUT2D eigenvalue weighted by Crippen LogP contribution is 2.28. The van der Waals surface area contributed by atoms with Crippen molar-refractivity contribution in [3.8, 4) is 5.75 Å². The molecule has 6 heteroatoms. The third-order valence-electron chi connectivity index (χ3n) is 3.56. The van der Waals surface area contributed by atoms with E-state index in [-0.39, 0.29) is 11.8 Å². The second-order valence-corrected chi connectivity index (χ2v) is 5.81. The van der Waals surface area contributed by atoms with E-state index in [0.29, 0.717) is 29.5 Å². The largest absolute Gasteiger partial charge is 0.495 e. The van der Waals surface area contributed by atoms with E-state index in [4.69, 9.17) is 16.3 Å². The molecule has 1 N–H and O–H groups in total. The molecular weight excluding hydrogens is 304 g/mol. The van der Waals surface area contributed by atoms with Crippen LogP contribution < -0.4 is 10.1 Å². The van der Waals surface area contributed by atoms with Gasteiger partial charge in [0.25, 0.3) is 0 Å². The van der Waals surface area contributed by atoms with Crippen LogP contribution in [-0.2, 0) is 9.59 Å². The lowest BCUT2D eigenvalue weighted by Crippen LogP contribution is -2.47. The Kier molecular flexibility index (Phi) is 6.23. The number of hydrogen-bond acceptors (Lipinski definition) is 3. The van der Waals surface area contributed by atoms with Crippen LogP contribution in [0.4, 0.5) is 5.69 Å². The summed E-state index contributed by atoms with van der Waals surface area (Å²) in [4.78, 5) is 26.5. The Morgan fingerprint density at radius 1 is 1.27 bits per heavy atom. The molecule has 0 aliphatic heterocycles. The zero-order valence-corrected chi connectivity index (χ0v) is 14.5. The standard InChI is InChI=1S/C16H23ClN2O3/c1-6-19(7-2)15(21)16(3,4)14(20)18-11-8-9-13(22-5)12(17)10-11/h8-10H,6-7H2,1-5H3,(H,18,20). The minimum absolute atomic E-state index is 0.199. The molecule has 1 aromatic carbocycles. The maximum Gasteiger partial charge on any atom is 0.239 e. The number of carbonyl (C=O) groups is 2. The average Bonchev–Trinajstić information content (AvgIpc) is 2.48. The summed E-state index contributed by atoms with van der Waals surface area (Å²) in [5.41, 5.74) is -0.630. The Labute approximate surface area is 136 Å². The fraction of sp³-hybridized carbons (Fsp3) is 0.500. The van der Waals surface area contributed by atoms with E-state index < -0.39 is 5.41 Å². The first-order valence-corrected chi connectivity index (χ1v) is 7.60. The Morgan fingerprint density at radius 3 is 2.32 bits per heavy atom. The number of carbonyl (C=O) groups excluding carboxylic acids is 2. The number of methoxy groups -OCH3 is 1. The quantitative estimate of drug-likeness (QED) is 0.817. The summed E-state index contributed by atoms with van der Waals surface area (Å²) in [5, 5.41) is 3.13. The highest BCUT2D eigenvalue weighted by molar-refractivity contribution is 6.32. The van der Waals surface area contributed by atoms with E-state index in [1.54, 1.807) is 36.9 Å². The maximum atomic E-state index is 12.4. The first kappa shape index (κ1) is 18.3. The minimum Gasteiger partial charge on any atom is -0.495 e. The van der Waals surface area contributed by atoms with Crippen molar-refractivity contribution in [2.45, 2.75) is 27.7 Å². The SMILES string of the molecule is CCN(CC)C(=O)C(C)(C)C(=O)Nc1ccc(OC)c(Cl)c1. The predicted octanol–water partition coefficient (Wildman–Crippen LogP) is 3.18. The topological polar surface area (TPSA) is 58.6 Å². The van der Waals surface area contributed by atoms with Crippen LogP contribution in [0.25, 0.3) is 0 Å². The Balaban J connectivity index is 2.91. The Morgan fingerprint density at radius 2 is 1.86 bits per heavy atom. The molecule has 5 nitrogen and oxygen atoms in total. The maximum absolute atomic E-state index is 12.4. The van der Waals surface area contributed by atoms with Crippen molar-refractivity contribution in [2.75, 3.05) is 25.5 Å². The van der Waals surface area contributed by atoms with Gasteiger partial charge in [0.15, 0.2) is 0 Å². The summed E-state index contributed by atoms with van der Waals surface area (Å²) in [6.07, 6.45) is 0. The van der Waals surface area contributed by atoms with Gasteiger partial charge in [0, 0.05) is 18.8 Å². The molecule has 22 heavy (non-hydrogen) atoms. The number of anilines is 1. The van der Waals surface area contributed by atoms with Crippen LogP contribution in [0.2, 0.25) is 5.02 Å². The van der Waals surface area contributed by atoms with Crippen LogP contribution in [0.1, 0.15) is 27.7 Å². The van der Waals surface area contributed by atoms with Gasteiger partial charge >= 0.3 is 0 Å². The lowest BCUT2D eigenvalue weighted by Gasteiger charge is -2.29. The molecule has 0 aliphatic carbocycles. The molecule has 0 spiro atoms. The zero-order chi connectivity index (χ0) is 16.9. The predicted molar refractivity (Wildman–Crippen MR) is 88.3 cm³/mol. The third kappa shape index (κ3) is 3.91. The van der Waals surface area contributed by atoms with Crippen molar-refractivity contribution in [2.24, 2.45) is 5.41 Å². The number of rotatable bonds is 6. The number of halogens is 1. The Bertz CT molecular complexity index is 554. The molecule has 2 amide bonds. The Hall–Kier alpha value is -1.75. The summed E-state index contributed by atoms with van der Waals surface area (Å²) in [7, 11) is 1.52. The molecule has 1 aromatic rings. The number of nitrogens with one attached hydrogen (secondary N) is 1. The normalized spacial score (nSPS) is 11.0. The summed E-state index contributed by atoms with van der Waals surface area (Å²) in [6.45, 7) is 8.15. The molecule has 0 radical (unpaired) electrons. The van der Waals surface area contributed by atoms with Crippen molar-refractivity contribution < 1.29 is 14.3 Å². The molecule has 0 aromatic heterocycles. The van der Waals surface area contributed by atoms with E-state index in [2.05, 4.69) is 5.32 Å². The molecule has 0 saturated heterocycles. The molecule has 0 atom stereocenters. The molecule has 0 bridgehead atoms.